The summed E-state index contributed by atoms with van der Waals surface area (Å²) in [5.41, 5.74) is 3.64. The van der Waals surface area contributed by atoms with Crippen LogP contribution in [0.15, 0.2) is 35.4 Å². The Labute approximate surface area is 211 Å². The molecule has 190 valence electrons. The Hall–Kier alpha value is -2.39. The summed E-state index contributed by atoms with van der Waals surface area (Å²) in [6.07, 6.45) is 6.17. The lowest BCUT2D eigenvalue weighted by atomic mass is 9.85. The quantitative estimate of drug-likeness (QED) is 0.420. The highest BCUT2D eigenvalue weighted by Crippen LogP contribution is 2.27. The molecule has 0 aromatic heterocycles. The van der Waals surface area contributed by atoms with Crippen LogP contribution in [0.5, 0.6) is 0 Å². The van der Waals surface area contributed by atoms with Gasteiger partial charge in [0.25, 0.3) is 0 Å². The number of carbonyl (C=O) groups is 3. The number of amides is 2. The van der Waals surface area contributed by atoms with E-state index in [2.05, 4.69) is 39.8 Å². The first-order valence-electron chi connectivity index (χ1n) is 12.8. The number of rotatable bonds is 8. The molecule has 2 heterocycles. The highest BCUT2D eigenvalue weighted by molar-refractivity contribution is 8.14. The highest BCUT2D eigenvalue weighted by Gasteiger charge is 2.37. The third kappa shape index (κ3) is 6.85. The van der Waals surface area contributed by atoms with E-state index in [0.29, 0.717) is 37.8 Å². The van der Waals surface area contributed by atoms with Gasteiger partial charge in [-0.3, -0.25) is 14.4 Å². The molecule has 4 rings (SSSR count). The fourth-order valence-corrected chi connectivity index (χ4v) is 6.12. The number of hydrogen-bond donors (Lipinski definition) is 2. The number of Topliss-reactive ketones (excluding diaryl/α,β-unsaturated/α-hetero) is 1. The lowest BCUT2D eigenvalue weighted by molar-refractivity contribution is -0.142. The van der Waals surface area contributed by atoms with Crippen molar-refractivity contribution >= 4 is 34.5 Å². The summed E-state index contributed by atoms with van der Waals surface area (Å²) < 4.78 is 5.44. The van der Waals surface area contributed by atoms with E-state index in [4.69, 9.17) is 4.74 Å². The second-order valence-electron chi connectivity index (χ2n) is 9.74. The van der Waals surface area contributed by atoms with Gasteiger partial charge in [0.2, 0.25) is 11.7 Å². The number of ketones is 1. The van der Waals surface area contributed by atoms with Crippen molar-refractivity contribution in [3.8, 4) is 0 Å². The number of thioether (sulfide) groups is 1. The lowest BCUT2D eigenvalue weighted by Crippen LogP contribution is -2.53. The molecule has 1 aromatic rings. The predicted molar refractivity (Wildman–Crippen MR) is 137 cm³/mol. The molecule has 0 radical (unpaired) electrons. The fourth-order valence-electron chi connectivity index (χ4n) is 5.03. The number of hydrogen-bond acceptors (Lipinski definition) is 6. The molecule has 2 saturated heterocycles. The Bertz CT molecular complexity index is 913. The summed E-state index contributed by atoms with van der Waals surface area (Å²) in [5, 5.41) is 7.95. The van der Waals surface area contributed by atoms with Crippen molar-refractivity contribution in [2.45, 2.75) is 70.5 Å². The molecule has 2 N–H and O–H groups in total. The van der Waals surface area contributed by atoms with Crippen LogP contribution in [-0.4, -0.2) is 58.7 Å². The predicted octanol–water partition coefficient (Wildman–Crippen LogP) is 3.07. The van der Waals surface area contributed by atoms with Gasteiger partial charge in [0, 0.05) is 37.5 Å². The average molecular weight is 501 g/mol. The number of hydrazone groups is 1. The van der Waals surface area contributed by atoms with Crippen LogP contribution in [0.4, 0.5) is 0 Å². The second kappa shape index (κ2) is 12.5. The van der Waals surface area contributed by atoms with Gasteiger partial charge < -0.3 is 15.0 Å². The van der Waals surface area contributed by atoms with Gasteiger partial charge >= 0.3 is 5.91 Å². The zero-order chi connectivity index (χ0) is 24.6. The summed E-state index contributed by atoms with van der Waals surface area (Å²) in [6, 6.07) is 9.51. The van der Waals surface area contributed by atoms with Gasteiger partial charge in [-0.1, -0.05) is 61.4 Å². The maximum Gasteiger partial charge on any atom is 0.309 e. The van der Waals surface area contributed by atoms with Crippen molar-refractivity contribution < 1.29 is 19.1 Å². The summed E-state index contributed by atoms with van der Waals surface area (Å²) >= 11 is 1.56. The van der Waals surface area contributed by atoms with Crippen LogP contribution >= 0.6 is 11.8 Å². The lowest BCUT2D eigenvalue weighted by Gasteiger charge is -2.31. The molecule has 0 spiro atoms. The first-order valence-corrected chi connectivity index (χ1v) is 13.7. The van der Waals surface area contributed by atoms with Crippen molar-refractivity contribution in [3.63, 3.8) is 0 Å². The van der Waals surface area contributed by atoms with E-state index >= 15 is 0 Å². The van der Waals surface area contributed by atoms with E-state index in [0.717, 1.165) is 43.4 Å². The van der Waals surface area contributed by atoms with E-state index in [-0.39, 0.29) is 23.8 Å². The summed E-state index contributed by atoms with van der Waals surface area (Å²) in [4.78, 5) is 41.2. The van der Waals surface area contributed by atoms with Crippen molar-refractivity contribution in [1.82, 2.24) is 15.6 Å². The topological polar surface area (TPSA) is 100 Å². The molecule has 2 amide bonds. The molecular weight excluding hydrogens is 464 g/mol. The Morgan fingerprint density at radius 1 is 1.09 bits per heavy atom. The Morgan fingerprint density at radius 3 is 2.51 bits per heavy atom. The van der Waals surface area contributed by atoms with Crippen LogP contribution < -0.4 is 10.7 Å². The first kappa shape index (κ1) is 25.7. The standard InChI is InChI=1S/C26H36N4O4S/c1-18-17-35-26(30(18)16-19-8-4-2-5-9-19)29-28-25(33)23(31)22(20-12-14-34-15-13-20)27-24(32)21-10-6-3-7-11-21/h2,4-5,8-9,18,20-22H,3,6-7,10-17H2,1H3,(H,27,32)(H,28,33)/t18-,22-/m0/s1. The van der Waals surface area contributed by atoms with Crippen molar-refractivity contribution in [2.24, 2.45) is 16.9 Å². The normalized spacial score (nSPS) is 23.7. The van der Waals surface area contributed by atoms with E-state index in [9.17, 15) is 14.4 Å². The van der Waals surface area contributed by atoms with Gasteiger partial charge in [0.05, 0.1) is 0 Å². The average Bonchev–Trinajstić information content (AvgIpc) is 3.25. The van der Waals surface area contributed by atoms with E-state index in [1.54, 1.807) is 11.8 Å². The number of nitrogens with zero attached hydrogens (tertiary/aromatic N) is 2. The number of amidine groups is 1. The molecule has 3 fully saturated rings. The van der Waals surface area contributed by atoms with Gasteiger partial charge in [-0.15, -0.1) is 5.10 Å². The maximum atomic E-state index is 13.2. The fraction of sp³-hybridized carbons (Fsp3) is 0.615. The number of nitrogens with one attached hydrogen (secondary N) is 2. The molecule has 8 nitrogen and oxygen atoms in total. The Balaban J connectivity index is 1.41. The number of benzene rings is 1. The SMILES string of the molecule is C[C@H]1CSC(=NNC(=O)C(=O)[C@@H](NC(=O)C2CCCCC2)C2CCOCC2)N1Cc1ccccc1. The van der Waals surface area contributed by atoms with Crippen LogP contribution in [0.3, 0.4) is 0 Å². The zero-order valence-electron chi connectivity index (χ0n) is 20.4. The summed E-state index contributed by atoms with van der Waals surface area (Å²) in [5.74, 6) is -0.850. The van der Waals surface area contributed by atoms with Crippen LogP contribution in [0.2, 0.25) is 0 Å². The molecule has 35 heavy (non-hydrogen) atoms. The maximum absolute atomic E-state index is 13.2. The van der Waals surface area contributed by atoms with E-state index in [1.807, 2.05) is 18.2 Å². The van der Waals surface area contributed by atoms with Crippen molar-refractivity contribution in [1.29, 1.82) is 0 Å². The van der Waals surface area contributed by atoms with Crippen LogP contribution in [0.25, 0.3) is 0 Å². The third-order valence-electron chi connectivity index (χ3n) is 7.20. The molecule has 0 bridgehead atoms. The van der Waals surface area contributed by atoms with E-state index < -0.39 is 17.7 Å². The minimum atomic E-state index is -0.843. The molecule has 1 aromatic carbocycles. The van der Waals surface area contributed by atoms with Crippen LogP contribution in [0, 0.1) is 11.8 Å². The van der Waals surface area contributed by atoms with Gasteiger partial charge in [-0.2, -0.15) is 0 Å². The van der Waals surface area contributed by atoms with Crippen LogP contribution in [-0.2, 0) is 25.7 Å². The third-order valence-corrected chi connectivity index (χ3v) is 8.43. The van der Waals surface area contributed by atoms with Gasteiger partial charge in [-0.05, 0) is 44.1 Å². The minimum absolute atomic E-state index is 0.0786. The molecule has 0 unspecified atom stereocenters. The second-order valence-corrected chi connectivity index (χ2v) is 10.7. The molecule has 2 aliphatic heterocycles. The number of carbonyl (C=O) groups excluding carboxylic acids is 3. The molecule has 2 atom stereocenters. The van der Waals surface area contributed by atoms with Gasteiger partial charge in [0.1, 0.15) is 6.04 Å². The molecule has 1 aliphatic carbocycles. The summed E-state index contributed by atoms with van der Waals surface area (Å²) in [7, 11) is 0. The molecule has 9 heteroatoms. The highest BCUT2D eigenvalue weighted by atomic mass is 32.2. The van der Waals surface area contributed by atoms with E-state index in [1.165, 1.54) is 0 Å². The molecular formula is C26H36N4O4S. The van der Waals surface area contributed by atoms with Crippen molar-refractivity contribution in [3.05, 3.63) is 35.9 Å². The monoisotopic (exact) mass is 500 g/mol. The Kier molecular flexibility index (Phi) is 9.20. The Morgan fingerprint density at radius 2 is 1.80 bits per heavy atom. The van der Waals surface area contributed by atoms with Gasteiger partial charge in [-0.25, -0.2) is 5.43 Å². The number of ether oxygens (including phenoxy) is 1. The minimum Gasteiger partial charge on any atom is -0.381 e. The first-order chi connectivity index (χ1) is 17.0. The van der Waals surface area contributed by atoms with Gasteiger partial charge in [0.15, 0.2) is 5.17 Å². The zero-order valence-corrected chi connectivity index (χ0v) is 21.2. The van der Waals surface area contributed by atoms with Crippen molar-refractivity contribution in [2.75, 3.05) is 19.0 Å². The summed E-state index contributed by atoms with van der Waals surface area (Å²) in [6.45, 7) is 3.86. The van der Waals surface area contributed by atoms with Crippen LogP contribution in [0.1, 0.15) is 57.4 Å². The molecule has 3 aliphatic rings. The smallest absolute Gasteiger partial charge is 0.309 e. The molecule has 1 saturated carbocycles. The largest absolute Gasteiger partial charge is 0.381 e.